The van der Waals surface area contributed by atoms with Gasteiger partial charge in [0.15, 0.2) is 11.5 Å². The molecular formula is C26H31N3O4. The van der Waals surface area contributed by atoms with Crippen molar-refractivity contribution in [3.05, 3.63) is 71.9 Å². The number of carbonyl (C=O) groups excluding carboxylic acids is 1. The van der Waals surface area contributed by atoms with E-state index in [1.54, 1.807) is 23.2 Å². The number of hydrogen-bond acceptors (Lipinski definition) is 6. The van der Waals surface area contributed by atoms with Crippen LogP contribution in [0.3, 0.4) is 0 Å². The maximum absolute atomic E-state index is 13.7. The first-order valence-electron chi connectivity index (χ1n) is 10.9. The van der Waals surface area contributed by atoms with Gasteiger partial charge in [-0.2, -0.15) is 0 Å². The summed E-state index contributed by atoms with van der Waals surface area (Å²) in [4.78, 5) is 22.0. The molecule has 2 aromatic carbocycles. The molecule has 1 aromatic heterocycles. The Balaban J connectivity index is 1.98. The van der Waals surface area contributed by atoms with Crippen LogP contribution in [0, 0.1) is 0 Å². The lowest BCUT2D eigenvalue weighted by Gasteiger charge is -2.24. The summed E-state index contributed by atoms with van der Waals surface area (Å²) in [5.41, 5.74) is 2.57. The van der Waals surface area contributed by atoms with Gasteiger partial charge in [-0.15, -0.1) is 0 Å². The normalized spacial score (nSPS) is 10.5. The summed E-state index contributed by atoms with van der Waals surface area (Å²) in [6.07, 6.45) is 1.67. The molecule has 0 bridgehead atoms. The van der Waals surface area contributed by atoms with Crippen molar-refractivity contribution < 1.29 is 19.0 Å². The number of methoxy groups -OCH3 is 3. The van der Waals surface area contributed by atoms with Gasteiger partial charge in [0.05, 0.1) is 27.9 Å². The average Bonchev–Trinajstić information content (AvgIpc) is 2.87. The van der Waals surface area contributed by atoms with Crippen LogP contribution in [0.2, 0.25) is 0 Å². The summed E-state index contributed by atoms with van der Waals surface area (Å²) in [6, 6.07) is 17.1. The Hall–Kier alpha value is -3.74. The van der Waals surface area contributed by atoms with Gasteiger partial charge in [-0.1, -0.05) is 18.2 Å². The number of hydrogen-bond donors (Lipinski definition) is 0. The molecular weight excluding hydrogens is 418 g/mol. The van der Waals surface area contributed by atoms with E-state index in [0.717, 1.165) is 24.3 Å². The van der Waals surface area contributed by atoms with Crippen molar-refractivity contribution in [2.45, 2.75) is 20.4 Å². The smallest absolute Gasteiger partial charge is 0.260 e. The van der Waals surface area contributed by atoms with Crippen LogP contribution in [0.5, 0.6) is 17.2 Å². The SMILES string of the molecule is CCN(CC)c1ccc(CN(C(=O)c2cc(OC)c(OC)c(OC)c2)c2ccccn2)cc1. The van der Waals surface area contributed by atoms with Crippen molar-refractivity contribution in [3.63, 3.8) is 0 Å². The molecule has 3 rings (SSSR count). The van der Waals surface area contributed by atoms with E-state index in [-0.39, 0.29) is 5.91 Å². The van der Waals surface area contributed by atoms with Gasteiger partial charge in [-0.3, -0.25) is 9.69 Å². The fourth-order valence-electron chi connectivity index (χ4n) is 3.71. The third-order valence-electron chi connectivity index (χ3n) is 5.49. The van der Waals surface area contributed by atoms with Gasteiger partial charge < -0.3 is 19.1 Å². The molecule has 0 saturated carbocycles. The molecule has 0 unspecified atom stereocenters. The summed E-state index contributed by atoms with van der Waals surface area (Å²) >= 11 is 0. The second-order valence-corrected chi connectivity index (χ2v) is 7.33. The Kier molecular flexibility index (Phi) is 8.13. The molecule has 0 aliphatic heterocycles. The van der Waals surface area contributed by atoms with Crippen LogP contribution >= 0.6 is 0 Å². The molecule has 3 aromatic rings. The summed E-state index contributed by atoms with van der Waals surface area (Å²) < 4.78 is 16.3. The number of aromatic nitrogens is 1. The number of amides is 1. The van der Waals surface area contributed by atoms with Crippen LogP contribution < -0.4 is 24.0 Å². The minimum atomic E-state index is -0.222. The van der Waals surface area contributed by atoms with Crippen molar-refractivity contribution in [2.24, 2.45) is 0 Å². The standard InChI is InChI=1S/C26H31N3O4/c1-6-28(7-2)21-13-11-19(12-14-21)18-29(24-10-8-9-15-27-24)26(30)20-16-22(31-3)25(33-5)23(17-20)32-4/h8-17H,6-7,18H2,1-5H3. The first kappa shape index (κ1) is 23.9. The maximum Gasteiger partial charge on any atom is 0.260 e. The predicted octanol–water partition coefficient (Wildman–Crippen LogP) is 4.80. The Morgan fingerprint density at radius 2 is 1.52 bits per heavy atom. The molecule has 7 heteroatoms. The topological polar surface area (TPSA) is 64.1 Å². The molecule has 0 N–H and O–H groups in total. The van der Waals surface area contributed by atoms with E-state index in [4.69, 9.17) is 14.2 Å². The van der Waals surface area contributed by atoms with Crippen molar-refractivity contribution in [2.75, 3.05) is 44.2 Å². The lowest BCUT2D eigenvalue weighted by atomic mass is 10.1. The van der Waals surface area contributed by atoms with Gasteiger partial charge in [-0.25, -0.2) is 4.98 Å². The van der Waals surface area contributed by atoms with Crippen molar-refractivity contribution in [1.29, 1.82) is 0 Å². The molecule has 1 heterocycles. The minimum Gasteiger partial charge on any atom is -0.493 e. The van der Waals surface area contributed by atoms with Crippen molar-refractivity contribution in [3.8, 4) is 17.2 Å². The first-order valence-corrected chi connectivity index (χ1v) is 10.9. The van der Waals surface area contributed by atoms with Crippen molar-refractivity contribution >= 4 is 17.4 Å². The van der Waals surface area contributed by atoms with Crippen LogP contribution in [-0.2, 0) is 6.54 Å². The van der Waals surface area contributed by atoms with Gasteiger partial charge in [0.2, 0.25) is 5.75 Å². The van der Waals surface area contributed by atoms with Crippen LogP contribution in [-0.4, -0.2) is 45.3 Å². The summed E-state index contributed by atoms with van der Waals surface area (Å²) in [5.74, 6) is 1.62. The second-order valence-electron chi connectivity index (χ2n) is 7.33. The highest BCUT2D eigenvalue weighted by molar-refractivity contribution is 6.06. The zero-order valence-electron chi connectivity index (χ0n) is 19.9. The highest BCUT2D eigenvalue weighted by atomic mass is 16.5. The van der Waals surface area contributed by atoms with Gasteiger partial charge in [0.25, 0.3) is 5.91 Å². The van der Waals surface area contributed by atoms with Crippen LogP contribution in [0.1, 0.15) is 29.8 Å². The Labute approximate surface area is 195 Å². The summed E-state index contributed by atoms with van der Waals surface area (Å²) in [6.45, 7) is 6.52. The highest BCUT2D eigenvalue weighted by Crippen LogP contribution is 2.38. The minimum absolute atomic E-state index is 0.222. The summed E-state index contributed by atoms with van der Waals surface area (Å²) in [7, 11) is 4.59. The monoisotopic (exact) mass is 449 g/mol. The Morgan fingerprint density at radius 1 is 0.879 bits per heavy atom. The van der Waals surface area contributed by atoms with E-state index in [1.165, 1.54) is 21.3 Å². The third kappa shape index (κ3) is 5.37. The molecule has 33 heavy (non-hydrogen) atoms. The van der Waals surface area contributed by atoms with Gasteiger partial charge in [0.1, 0.15) is 5.82 Å². The molecule has 174 valence electrons. The maximum atomic E-state index is 13.7. The first-order chi connectivity index (χ1) is 16.1. The van der Waals surface area contributed by atoms with E-state index >= 15 is 0 Å². The number of nitrogens with zero attached hydrogens (tertiary/aromatic N) is 3. The number of anilines is 2. The predicted molar refractivity (Wildman–Crippen MR) is 131 cm³/mol. The molecule has 0 aliphatic rings. The second kappa shape index (κ2) is 11.2. The molecule has 0 aliphatic carbocycles. The summed E-state index contributed by atoms with van der Waals surface area (Å²) in [5, 5.41) is 0. The molecule has 0 fully saturated rings. The van der Waals surface area contributed by atoms with E-state index in [0.29, 0.717) is 35.2 Å². The lowest BCUT2D eigenvalue weighted by Crippen LogP contribution is -2.31. The quantitative estimate of drug-likeness (QED) is 0.443. The van der Waals surface area contributed by atoms with E-state index in [2.05, 4.69) is 35.9 Å². The molecule has 0 radical (unpaired) electrons. The third-order valence-corrected chi connectivity index (χ3v) is 5.49. The lowest BCUT2D eigenvalue weighted by molar-refractivity contribution is 0.0983. The largest absolute Gasteiger partial charge is 0.493 e. The van der Waals surface area contributed by atoms with Gasteiger partial charge in [0, 0.05) is 30.5 Å². The highest BCUT2D eigenvalue weighted by Gasteiger charge is 2.23. The number of ether oxygens (including phenoxy) is 3. The number of carbonyl (C=O) groups is 1. The van der Waals surface area contributed by atoms with Crippen LogP contribution in [0.4, 0.5) is 11.5 Å². The van der Waals surface area contributed by atoms with Gasteiger partial charge >= 0.3 is 0 Å². The molecule has 1 amide bonds. The Bertz CT molecular complexity index is 1030. The fourth-order valence-corrected chi connectivity index (χ4v) is 3.71. The Morgan fingerprint density at radius 3 is 2.00 bits per heavy atom. The van der Waals surface area contributed by atoms with Crippen LogP contribution in [0.25, 0.3) is 0 Å². The number of rotatable bonds is 10. The number of benzene rings is 2. The molecule has 0 saturated heterocycles. The zero-order valence-corrected chi connectivity index (χ0v) is 19.9. The molecule has 0 atom stereocenters. The zero-order chi connectivity index (χ0) is 23.8. The molecule has 7 nitrogen and oxygen atoms in total. The van der Waals surface area contributed by atoms with Crippen molar-refractivity contribution in [1.82, 2.24) is 4.98 Å². The van der Waals surface area contributed by atoms with E-state index in [9.17, 15) is 4.79 Å². The van der Waals surface area contributed by atoms with Gasteiger partial charge in [-0.05, 0) is 55.8 Å². The molecule has 0 spiro atoms. The van der Waals surface area contributed by atoms with E-state index in [1.807, 2.05) is 30.3 Å². The number of pyridine rings is 1. The average molecular weight is 450 g/mol. The fraction of sp³-hybridized carbons (Fsp3) is 0.308. The van der Waals surface area contributed by atoms with E-state index < -0.39 is 0 Å². The van der Waals surface area contributed by atoms with Crippen LogP contribution in [0.15, 0.2) is 60.8 Å².